The highest BCUT2D eigenvalue weighted by molar-refractivity contribution is 7.89. The van der Waals surface area contributed by atoms with Crippen molar-refractivity contribution < 1.29 is 22.3 Å². The lowest BCUT2D eigenvalue weighted by Crippen LogP contribution is -2.35. The van der Waals surface area contributed by atoms with E-state index < -0.39 is 10.0 Å². The second kappa shape index (κ2) is 9.07. The molecule has 2 atom stereocenters. The Kier molecular flexibility index (Phi) is 7.06. The zero-order valence-corrected chi connectivity index (χ0v) is 16.2. The number of ether oxygens (including phenoxy) is 1. The van der Waals surface area contributed by atoms with Crippen LogP contribution in [0.3, 0.4) is 0 Å². The lowest BCUT2D eigenvalue weighted by Gasteiger charge is -2.15. The molecular weight excluding hydrogens is 371 g/mol. The third kappa shape index (κ3) is 5.85. The van der Waals surface area contributed by atoms with Crippen LogP contribution >= 0.6 is 0 Å². The van der Waals surface area contributed by atoms with E-state index in [1.807, 2.05) is 0 Å². The molecule has 27 heavy (non-hydrogen) atoms. The summed E-state index contributed by atoms with van der Waals surface area (Å²) in [7, 11) is -2.20. The van der Waals surface area contributed by atoms with Crippen LogP contribution in [0.5, 0.6) is 0 Å². The molecule has 0 spiro atoms. The summed E-state index contributed by atoms with van der Waals surface area (Å²) < 4.78 is 45.0. The molecule has 2 aromatic carbocycles. The minimum absolute atomic E-state index is 0.0635. The van der Waals surface area contributed by atoms with E-state index in [4.69, 9.17) is 4.74 Å². The Hall–Kier alpha value is -2.29. The second-order valence-electron chi connectivity index (χ2n) is 6.25. The molecule has 0 bridgehead atoms. The SMILES string of the molecule is COC[C@H](C)NS(=O)(=O)c1ccc(C(=O)N[C@H](C)c2ccc(F)cc2)cc1. The molecule has 0 fully saturated rings. The number of hydrogen-bond acceptors (Lipinski definition) is 4. The van der Waals surface area contributed by atoms with E-state index >= 15 is 0 Å². The van der Waals surface area contributed by atoms with E-state index in [0.717, 1.165) is 5.56 Å². The normalized spacial score (nSPS) is 13.8. The van der Waals surface area contributed by atoms with Gasteiger partial charge in [0, 0.05) is 18.7 Å². The minimum atomic E-state index is -3.69. The number of amides is 1. The number of benzene rings is 2. The van der Waals surface area contributed by atoms with Crippen LogP contribution in [0, 0.1) is 5.82 Å². The summed E-state index contributed by atoms with van der Waals surface area (Å²) in [5.41, 5.74) is 1.09. The number of halogens is 1. The Morgan fingerprint density at radius 2 is 1.67 bits per heavy atom. The number of methoxy groups -OCH3 is 1. The summed E-state index contributed by atoms with van der Waals surface area (Å²) in [6, 6.07) is 10.8. The number of nitrogens with one attached hydrogen (secondary N) is 2. The van der Waals surface area contributed by atoms with Gasteiger partial charge in [-0.15, -0.1) is 0 Å². The first-order valence-electron chi connectivity index (χ1n) is 8.40. The topological polar surface area (TPSA) is 84.5 Å². The lowest BCUT2D eigenvalue weighted by molar-refractivity contribution is 0.0940. The second-order valence-corrected chi connectivity index (χ2v) is 7.96. The van der Waals surface area contributed by atoms with Crippen LogP contribution < -0.4 is 10.0 Å². The van der Waals surface area contributed by atoms with Gasteiger partial charge in [0.15, 0.2) is 0 Å². The number of sulfonamides is 1. The molecule has 1 amide bonds. The van der Waals surface area contributed by atoms with Gasteiger partial charge in [-0.25, -0.2) is 17.5 Å². The van der Waals surface area contributed by atoms with Gasteiger partial charge < -0.3 is 10.1 Å². The average Bonchev–Trinajstić information content (AvgIpc) is 2.62. The van der Waals surface area contributed by atoms with E-state index in [0.29, 0.717) is 5.56 Å². The predicted octanol–water partition coefficient (Wildman–Crippen LogP) is 2.63. The Balaban J connectivity index is 2.05. The molecule has 8 heteroatoms. The standard InChI is InChI=1S/C19H23FN2O4S/c1-13(12-26-3)22-27(24,25)18-10-6-16(7-11-18)19(23)21-14(2)15-4-8-17(20)9-5-15/h4-11,13-14,22H,12H2,1-3H3,(H,21,23)/t13-,14+/m0/s1. The van der Waals surface area contributed by atoms with E-state index in [1.165, 1.54) is 43.5 Å². The summed E-state index contributed by atoms with van der Waals surface area (Å²) >= 11 is 0. The maximum atomic E-state index is 13.0. The number of rotatable bonds is 8. The van der Waals surface area contributed by atoms with Crippen LogP contribution in [0.2, 0.25) is 0 Å². The molecule has 0 aliphatic carbocycles. The van der Waals surface area contributed by atoms with Crippen LogP contribution in [0.1, 0.15) is 35.8 Å². The molecule has 0 heterocycles. The first-order valence-corrected chi connectivity index (χ1v) is 9.89. The summed E-state index contributed by atoms with van der Waals surface area (Å²) in [5, 5.41) is 2.80. The van der Waals surface area contributed by atoms with Gasteiger partial charge in [0.05, 0.1) is 17.5 Å². The Morgan fingerprint density at radius 3 is 2.22 bits per heavy atom. The zero-order chi connectivity index (χ0) is 20.0. The monoisotopic (exact) mass is 394 g/mol. The van der Waals surface area contributed by atoms with E-state index in [1.54, 1.807) is 26.0 Å². The number of hydrogen-bond donors (Lipinski definition) is 2. The summed E-state index contributed by atoms with van der Waals surface area (Å²) in [6.45, 7) is 3.73. The Labute approximate surface area is 158 Å². The lowest BCUT2D eigenvalue weighted by atomic mass is 10.1. The van der Waals surface area contributed by atoms with Gasteiger partial charge in [0.2, 0.25) is 10.0 Å². The van der Waals surface area contributed by atoms with Crippen molar-refractivity contribution in [1.29, 1.82) is 0 Å². The van der Waals surface area contributed by atoms with E-state index in [2.05, 4.69) is 10.0 Å². The molecule has 0 aromatic heterocycles. The van der Waals surface area contributed by atoms with Crippen molar-refractivity contribution in [2.24, 2.45) is 0 Å². The van der Waals surface area contributed by atoms with Crippen LogP contribution in [-0.2, 0) is 14.8 Å². The zero-order valence-electron chi connectivity index (χ0n) is 15.4. The molecule has 2 rings (SSSR count). The maximum Gasteiger partial charge on any atom is 0.251 e. The first-order chi connectivity index (χ1) is 12.7. The van der Waals surface area contributed by atoms with Gasteiger partial charge in [-0.2, -0.15) is 0 Å². The minimum Gasteiger partial charge on any atom is -0.383 e. The van der Waals surface area contributed by atoms with Gasteiger partial charge in [-0.3, -0.25) is 4.79 Å². The number of carbonyl (C=O) groups is 1. The fourth-order valence-corrected chi connectivity index (χ4v) is 3.75. The van der Waals surface area contributed by atoms with Gasteiger partial charge in [-0.1, -0.05) is 12.1 Å². The summed E-state index contributed by atoms with van der Waals surface area (Å²) in [6.07, 6.45) is 0. The Bertz CT molecular complexity index is 868. The fraction of sp³-hybridized carbons (Fsp3) is 0.316. The van der Waals surface area contributed by atoms with E-state index in [9.17, 15) is 17.6 Å². The third-order valence-electron chi connectivity index (χ3n) is 3.92. The molecular formula is C19H23FN2O4S. The van der Waals surface area contributed by atoms with Crippen LogP contribution in [-0.4, -0.2) is 34.1 Å². The quantitative estimate of drug-likeness (QED) is 0.721. The molecule has 2 N–H and O–H groups in total. The predicted molar refractivity (Wildman–Crippen MR) is 100 cm³/mol. The van der Waals surface area contributed by atoms with Crippen molar-refractivity contribution in [3.05, 3.63) is 65.5 Å². The highest BCUT2D eigenvalue weighted by atomic mass is 32.2. The average molecular weight is 394 g/mol. The third-order valence-corrected chi connectivity index (χ3v) is 5.52. The highest BCUT2D eigenvalue weighted by Crippen LogP contribution is 2.15. The highest BCUT2D eigenvalue weighted by Gasteiger charge is 2.18. The van der Waals surface area contributed by atoms with Gasteiger partial charge in [-0.05, 0) is 55.8 Å². The molecule has 0 radical (unpaired) electrons. The van der Waals surface area contributed by atoms with Crippen molar-refractivity contribution in [1.82, 2.24) is 10.0 Å². The van der Waals surface area contributed by atoms with Crippen LogP contribution in [0.25, 0.3) is 0 Å². The largest absolute Gasteiger partial charge is 0.383 e. The molecule has 146 valence electrons. The molecule has 0 unspecified atom stereocenters. The van der Waals surface area contributed by atoms with Crippen molar-refractivity contribution in [2.75, 3.05) is 13.7 Å². The molecule has 6 nitrogen and oxygen atoms in total. The van der Waals surface area contributed by atoms with E-state index in [-0.39, 0.29) is 35.3 Å². The van der Waals surface area contributed by atoms with Crippen LogP contribution in [0.4, 0.5) is 4.39 Å². The van der Waals surface area contributed by atoms with Crippen molar-refractivity contribution in [3.63, 3.8) is 0 Å². The Morgan fingerprint density at radius 1 is 1.07 bits per heavy atom. The smallest absolute Gasteiger partial charge is 0.251 e. The van der Waals surface area contributed by atoms with Crippen molar-refractivity contribution in [2.45, 2.75) is 30.8 Å². The summed E-state index contributed by atoms with van der Waals surface area (Å²) in [4.78, 5) is 12.4. The van der Waals surface area contributed by atoms with Gasteiger partial charge in [0.1, 0.15) is 5.82 Å². The first kappa shape index (κ1) is 21.0. The van der Waals surface area contributed by atoms with Gasteiger partial charge >= 0.3 is 0 Å². The molecule has 0 saturated carbocycles. The van der Waals surface area contributed by atoms with Crippen LogP contribution in [0.15, 0.2) is 53.4 Å². The number of carbonyl (C=O) groups excluding carboxylic acids is 1. The van der Waals surface area contributed by atoms with Crippen molar-refractivity contribution in [3.8, 4) is 0 Å². The van der Waals surface area contributed by atoms with Gasteiger partial charge in [0.25, 0.3) is 5.91 Å². The summed E-state index contributed by atoms with van der Waals surface area (Å²) in [5.74, 6) is -0.695. The van der Waals surface area contributed by atoms with Crippen molar-refractivity contribution >= 4 is 15.9 Å². The molecule has 0 aliphatic heterocycles. The molecule has 2 aromatic rings. The maximum absolute atomic E-state index is 13.0. The molecule has 0 aliphatic rings. The molecule has 0 saturated heterocycles. The fourth-order valence-electron chi connectivity index (χ4n) is 2.52.